The molecule has 1 aromatic carbocycles. The number of hydrogen-bond donors (Lipinski definition) is 3. The van der Waals surface area contributed by atoms with Crippen molar-refractivity contribution in [3.8, 4) is 0 Å². The molecule has 0 spiro atoms. The van der Waals surface area contributed by atoms with Crippen LogP contribution in [-0.2, 0) is 6.42 Å². The van der Waals surface area contributed by atoms with Gasteiger partial charge in [-0.05, 0) is 62.8 Å². The maximum absolute atomic E-state index is 12.1. The number of rotatable bonds is 4. The number of carbonyl (C=O) groups excluding carboxylic acids is 1. The molecule has 0 heterocycles. The molecule has 0 unspecified atom stereocenters. The van der Waals surface area contributed by atoms with Gasteiger partial charge in [-0.25, -0.2) is 4.79 Å². The van der Waals surface area contributed by atoms with Crippen LogP contribution in [0, 0.1) is 5.92 Å². The highest BCUT2D eigenvalue weighted by atomic mass is 16.3. The fraction of sp³-hybridized carbons (Fsp3) is 0.632. The Morgan fingerprint density at radius 1 is 0.957 bits per heavy atom. The number of carbonyl (C=O) groups is 1. The molecule has 126 valence electrons. The summed E-state index contributed by atoms with van der Waals surface area (Å²) < 4.78 is 0. The van der Waals surface area contributed by atoms with E-state index in [0.29, 0.717) is 12.0 Å². The first-order chi connectivity index (χ1) is 11.2. The number of benzene rings is 1. The molecule has 1 aromatic rings. The third-order valence-electron chi connectivity index (χ3n) is 5.28. The topological polar surface area (TPSA) is 61.4 Å². The first kappa shape index (κ1) is 16.3. The van der Waals surface area contributed by atoms with E-state index < -0.39 is 0 Å². The highest BCUT2D eigenvalue weighted by molar-refractivity contribution is 5.74. The number of amides is 2. The van der Waals surface area contributed by atoms with Crippen LogP contribution in [0.1, 0.15) is 50.5 Å². The van der Waals surface area contributed by atoms with Crippen molar-refractivity contribution < 1.29 is 9.90 Å². The Morgan fingerprint density at radius 2 is 1.61 bits per heavy atom. The van der Waals surface area contributed by atoms with Gasteiger partial charge in [0, 0.05) is 12.1 Å². The standard InChI is InChI=1S/C19H28N2O2/c22-18-10-8-16(9-11-18)20-19(23)21-17-7-6-15(13-17)12-14-4-2-1-3-5-14/h1-5,15-18,22H,6-13H2,(H2,20,21,23)/t15-,16?,17-,18?/m0/s1. The van der Waals surface area contributed by atoms with Gasteiger partial charge in [0.15, 0.2) is 0 Å². The molecule has 0 saturated heterocycles. The van der Waals surface area contributed by atoms with Crippen LogP contribution in [0.3, 0.4) is 0 Å². The smallest absolute Gasteiger partial charge is 0.315 e. The van der Waals surface area contributed by atoms with E-state index in [0.717, 1.165) is 44.9 Å². The molecule has 0 aromatic heterocycles. The second-order valence-corrected chi connectivity index (χ2v) is 7.19. The van der Waals surface area contributed by atoms with Crippen LogP contribution in [0.4, 0.5) is 4.79 Å². The second kappa shape index (κ2) is 7.82. The molecule has 0 aliphatic heterocycles. The molecule has 2 amide bonds. The Kier molecular flexibility index (Phi) is 5.55. The molecule has 3 rings (SSSR count). The lowest BCUT2D eigenvalue weighted by molar-refractivity contribution is 0.117. The summed E-state index contributed by atoms with van der Waals surface area (Å²) in [7, 11) is 0. The summed E-state index contributed by atoms with van der Waals surface area (Å²) >= 11 is 0. The van der Waals surface area contributed by atoms with Crippen molar-refractivity contribution in [2.45, 2.75) is 69.6 Å². The number of nitrogens with one attached hydrogen (secondary N) is 2. The molecule has 23 heavy (non-hydrogen) atoms. The van der Waals surface area contributed by atoms with E-state index in [9.17, 15) is 9.90 Å². The van der Waals surface area contributed by atoms with Gasteiger partial charge in [0.2, 0.25) is 0 Å². The monoisotopic (exact) mass is 316 g/mol. The quantitative estimate of drug-likeness (QED) is 0.799. The molecule has 2 aliphatic rings. The van der Waals surface area contributed by atoms with Gasteiger partial charge in [-0.15, -0.1) is 0 Å². The van der Waals surface area contributed by atoms with Gasteiger partial charge in [0.05, 0.1) is 6.10 Å². The summed E-state index contributed by atoms with van der Waals surface area (Å²) in [5, 5.41) is 15.7. The SMILES string of the molecule is O=C(NC1CCC(O)CC1)N[C@H]1CC[C@@H](Cc2ccccc2)C1. The van der Waals surface area contributed by atoms with Gasteiger partial charge in [-0.1, -0.05) is 30.3 Å². The zero-order valence-electron chi connectivity index (χ0n) is 13.7. The van der Waals surface area contributed by atoms with Crippen molar-refractivity contribution in [3.63, 3.8) is 0 Å². The zero-order valence-corrected chi connectivity index (χ0v) is 13.7. The van der Waals surface area contributed by atoms with E-state index in [1.165, 1.54) is 12.0 Å². The van der Waals surface area contributed by atoms with Crippen LogP contribution in [0.2, 0.25) is 0 Å². The van der Waals surface area contributed by atoms with E-state index in [2.05, 4.69) is 41.0 Å². The fourth-order valence-corrected chi connectivity index (χ4v) is 3.97. The van der Waals surface area contributed by atoms with E-state index in [1.54, 1.807) is 0 Å². The minimum Gasteiger partial charge on any atom is -0.393 e. The maximum atomic E-state index is 12.1. The first-order valence-corrected chi connectivity index (χ1v) is 8.98. The third kappa shape index (κ3) is 4.96. The van der Waals surface area contributed by atoms with E-state index in [1.807, 2.05) is 0 Å². The van der Waals surface area contributed by atoms with Gasteiger partial charge in [-0.3, -0.25) is 0 Å². The summed E-state index contributed by atoms with van der Waals surface area (Å²) in [6.07, 6.45) is 7.65. The molecule has 2 saturated carbocycles. The number of aliphatic hydroxyl groups is 1. The molecular formula is C19H28N2O2. The zero-order chi connectivity index (χ0) is 16.1. The highest BCUT2D eigenvalue weighted by Crippen LogP contribution is 2.28. The summed E-state index contributed by atoms with van der Waals surface area (Å²) in [5.41, 5.74) is 1.39. The van der Waals surface area contributed by atoms with Crippen LogP contribution < -0.4 is 10.6 Å². The van der Waals surface area contributed by atoms with E-state index in [-0.39, 0.29) is 18.2 Å². The lowest BCUT2D eigenvalue weighted by Crippen LogP contribution is -2.47. The van der Waals surface area contributed by atoms with Crippen molar-refractivity contribution in [2.24, 2.45) is 5.92 Å². The van der Waals surface area contributed by atoms with Crippen LogP contribution in [0.25, 0.3) is 0 Å². The number of aliphatic hydroxyl groups excluding tert-OH is 1. The molecule has 4 nitrogen and oxygen atoms in total. The lowest BCUT2D eigenvalue weighted by atomic mass is 9.93. The lowest BCUT2D eigenvalue weighted by Gasteiger charge is -2.27. The van der Waals surface area contributed by atoms with Crippen molar-refractivity contribution >= 4 is 6.03 Å². The van der Waals surface area contributed by atoms with Crippen molar-refractivity contribution in [3.05, 3.63) is 35.9 Å². The summed E-state index contributed by atoms with van der Waals surface area (Å²) in [5.74, 6) is 0.674. The Labute approximate surface area is 138 Å². The van der Waals surface area contributed by atoms with Gasteiger partial charge in [0.25, 0.3) is 0 Å². The van der Waals surface area contributed by atoms with Crippen LogP contribution in [0.15, 0.2) is 30.3 Å². The Hall–Kier alpha value is -1.55. The molecule has 0 bridgehead atoms. The molecule has 3 N–H and O–H groups in total. The van der Waals surface area contributed by atoms with Crippen molar-refractivity contribution in [1.29, 1.82) is 0 Å². The summed E-state index contributed by atoms with van der Waals surface area (Å²) in [4.78, 5) is 12.1. The van der Waals surface area contributed by atoms with Gasteiger partial charge >= 0.3 is 6.03 Å². The average Bonchev–Trinajstić information content (AvgIpc) is 2.97. The molecule has 2 aliphatic carbocycles. The molecule has 2 fully saturated rings. The normalized spacial score (nSPS) is 30.8. The number of hydrogen-bond acceptors (Lipinski definition) is 2. The Morgan fingerprint density at radius 3 is 2.35 bits per heavy atom. The molecule has 0 radical (unpaired) electrons. The average molecular weight is 316 g/mol. The molecule has 2 atom stereocenters. The van der Waals surface area contributed by atoms with E-state index in [4.69, 9.17) is 0 Å². The maximum Gasteiger partial charge on any atom is 0.315 e. The second-order valence-electron chi connectivity index (χ2n) is 7.19. The van der Waals surface area contributed by atoms with Crippen molar-refractivity contribution in [1.82, 2.24) is 10.6 Å². The first-order valence-electron chi connectivity index (χ1n) is 8.98. The van der Waals surface area contributed by atoms with Crippen LogP contribution >= 0.6 is 0 Å². The van der Waals surface area contributed by atoms with Crippen LogP contribution in [-0.4, -0.2) is 29.3 Å². The van der Waals surface area contributed by atoms with Crippen molar-refractivity contribution in [2.75, 3.05) is 0 Å². The minimum absolute atomic E-state index is 0.0308. The Balaban J connectivity index is 1.38. The van der Waals surface area contributed by atoms with Gasteiger partial charge in [-0.2, -0.15) is 0 Å². The highest BCUT2D eigenvalue weighted by Gasteiger charge is 2.27. The van der Waals surface area contributed by atoms with Gasteiger partial charge in [0.1, 0.15) is 0 Å². The van der Waals surface area contributed by atoms with E-state index >= 15 is 0 Å². The summed E-state index contributed by atoms with van der Waals surface area (Å²) in [6.45, 7) is 0. The third-order valence-corrected chi connectivity index (χ3v) is 5.28. The minimum atomic E-state index is -0.176. The number of urea groups is 1. The predicted molar refractivity (Wildman–Crippen MR) is 91.2 cm³/mol. The summed E-state index contributed by atoms with van der Waals surface area (Å²) in [6, 6.07) is 11.1. The molecule has 4 heteroatoms. The predicted octanol–water partition coefficient (Wildman–Crippen LogP) is 3.00. The molecular weight excluding hydrogens is 288 g/mol. The van der Waals surface area contributed by atoms with Gasteiger partial charge < -0.3 is 15.7 Å². The van der Waals surface area contributed by atoms with Crippen LogP contribution in [0.5, 0.6) is 0 Å². The Bertz CT molecular complexity index is 497. The largest absolute Gasteiger partial charge is 0.393 e. The fourth-order valence-electron chi connectivity index (χ4n) is 3.97.